The van der Waals surface area contributed by atoms with Gasteiger partial charge in [0.2, 0.25) is 0 Å². The minimum atomic E-state index is -0.635. The predicted molar refractivity (Wildman–Crippen MR) is 116 cm³/mol. The first-order valence-electron chi connectivity index (χ1n) is 10.3. The Balaban J connectivity index is 2.05. The van der Waals surface area contributed by atoms with E-state index >= 15 is 0 Å². The van der Waals surface area contributed by atoms with E-state index in [2.05, 4.69) is 11.5 Å². The molecule has 0 saturated carbocycles. The van der Waals surface area contributed by atoms with Crippen LogP contribution >= 0.6 is 0 Å². The van der Waals surface area contributed by atoms with Crippen molar-refractivity contribution >= 4 is 5.97 Å². The van der Waals surface area contributed by atoms with Gasteiger partial charge in [-0.1, -0.05) is 0 Å². The van der Waals surface area contributed by atoms with Gasteiger partial charge < -0.3 is 23.7 Å². The molecule has 1 N–H and O–H groups in total. The average molecular weight is 408 g/mol. The molecule has 1 aromatic carbocycles. The number of esters is 1. The molecule has 0 radical (unpaired) electrons. The summed E-state index contributed by atoms with van der Waals surface area (Å²) in [6.45, 7) is 6.68. The number of fused-ring (bicyclic) bond motifs is 3. The predicted octanol–water partition coefficient (Wildman–Crippen LogP) is 4.26. The largest absolute Gasteiger partial charge is 0.496 e. The summed E-state index contributed by atoms with van der Waals surface area (Å²) < 4.78 is 15.3. The number of aryl methyl sites for hydroxylation is 2. The highest BCUT2D eigenvalue weighted by Crippen LogP contribution is 2.44. The van der Waals surface area contributed by atoms with Crippen molar-refractivity contribution in [3.63, 3.8) is 0 Å². The van der Waals surface area contributed by atoms with Crippen LogP contribution < -0.4 is 4.74 Å². The highest BCUT2D eigenvalue weighted by atomic mass is 16.5. The molecule has 4 rings (SSSR count). The quantitative estimate of drug-likeness (QED) is 0.641. The molecule has 0 bridgehead atoms. The monoisotopic (exact) mass is 408 g/mol. The molecular formula is C24H28N2O4. The van der Waals surface area contributed by atoms with Crippen molar-refractivity contribution in [1.82, 2.24) is 9.13 Å². The first-order chi connectivity index (χ1) is 14.4. The van der Waals surface area contributed by atoms with E-state index in [1.165, 1.54) is 0 Å². The fraction of sp³-hybridized carbons (Fsp3) is 0.375. The number of aliphatic hydroxyl groups excluding tert-OH is 1. The Labute approximate surface area is 176 Å². The maximum atomic E-state index is 13.2. The van der Waals surface area contributed by atoms with E-state index < -0.39 is 6.10 Å². The number of nitrogens with zero attached hydrogens (tertiary/aromatic N) is 2. The van der Waals surface area contributed by atoms with Gasteiger partial charge in [-0.05, 0) is 57.0 Å². The van der Waals surface area contributed by atoms with Crippen molar-refractivity contribution in [3.8, 4) is 28.3 Å². The molecule has 3 aromatic rings. The molecule has 0 fully saturated rings. The summed E-state index contributed by atoms with van der Waals surface area (Å²) in [6.07, 6.45) is 2.16. The molecule has 1 aliphatic rings. The van der Waals surface area contributed by atoms with Gasteiger partial charge in [-0.3, -0.25) is 0 Å². The van der Waals surface area contributed by atoms with Crippen molar-refractivity contribution in [2.24, 2.45) is 7.05 Å². The summed E-state index contributed by atoms with van der Waals surface area (Å²) in [6, 6.07) is 7.95. The highest BCUT2D eigenvalue weighted by molar-refractivity contribution is 6.05. The van der Waals surface area contributed by atoms with Crippen LogP contribution in [-0.4, -0.2) is 33.9 Å². The number of carbonyl (C=O) groups is 1. The highest BCUT2D eigenvalue weighted by Gasteiger charge is 2.33. The lowest BCUT2D eigenvalue weighted by Gasteiger charge is -2.24. The number of rotatable bonds is 5. The zero-order valence-corrected chi connectivity index (χ0v) is 18.2. The first kappa shape index (κ1) is 20.3. The minimum absolute atomic E-state index is 0.312. The van der Waals surface area contributed by atoms with Crippen molar-refractivity contribution < 1.29 is 19.4 Å². The zero-order valence-electron chi connectivity index (χ0n) is 18.2. The molecule has 0 amide bonds. The maximum Gasteiger partial charge on any atom is 0.341 e. The molecule has 1 atom stereocenters. The van der Waals surface area contributed by atoms with Crippen LogP contribution in [0.25, 0.3) is 22.5 Å². The summed E-state index contributed by atoms with van der Waals surface area (Å²) in [7, 11) is 3.58. The third-order valence-corrected chi connectivity index (χ3v) is 5.97. The molecule has 0 aliphatic carbocycles. The molecule has 0 spiro atoms. The Hall–Kier alpha value is -2.99. The number of carbonyl (C=O) groups excluding carboxylic acids is 1. The van der Waals surface area contributed by atoms with Crippen LogP contribution in [0.15, 0.2) is 30.5 Å². The van der Waals surface area contributed by atoms with Gasteiger partial charge in [-0.15, -0.1) is 0 Å². The Kier molecular flexibility index (Phi) is 5.20. The van der Waals surface area contributed by atoms with Crippen LogP contribution in [0.1, 0.15) is 47.1 Å². The van der Waals surface area contributed by atoms with Gasteiger partial charge in [-0.25, -0.2) is 4.79 Å². The van der Waals surface area contributed by atoms with Crippen LogP contribution in [0.2, 0.25) is 0 Å². The standard InChI is InChI=1S/C24H28N2O4/c1-6-30-24(28)22-21(19-8-7-10-25(19)4)14(2)26-11-9-16-12-17(15(3)27)20(29-5)13-18(16)23(22)26/h7-8,10,12-13,15,27H,6,9,11H2,1-5H3. The number of ether oxygens (including phenoxy) is 2. The second-order valence-electron chi connectivity index (χ2n) is 7.74. The summed E-state index contributed by atoms with van der Waals surface area (Å²) in [5, 5.41) is 10.2. The lowest BCUT2D eigenvalue weighted by Crippen LogP contribution is -2.15. The fourth-order valence-electron chi connectivity index (χ4n) is 4.54. The second-order valence-corrected chi connectivity index (χ2v) is 7.74. The average Bonchev–Trinajstić information content (AvgIpc) is 3.27. The van der Waals surface area contributed by atoms with Gasteiger partial charge in [0, 0.05) is 42.2 Å². The molecule has 1 unspecified atom stereocenters. The van der Waals surface area contributed by atoms with E-state index in [9.17, 15) is 9.90 Å². The van der Waals surface area contributed by atoms with Crippen LogP contribution in [0.5, 0.6) is 5.75 Å². The van der Waals surface area contributed by atoms with E-state index in [1.807, 2.05) is 49.0 Å². The molecule has 158 valence electrons. The van der Waals surface area contributed by atoms with E-state index in [0.29, 0.717) is 17.9 Å². The van der Waals surface area contributed by atoms with Crippen LogP contribution in [0.4, 0.5) is 0 Å². The SMILES string of the molecule is CCOC(=O)c1c(-c2cccn2C)c(C)n2c1-c1cc(OC)c(C(C)O)cc1CC2. The molecule has 1 aliphatic heterocycles. The minimum Gasteiger partial charge on any atom is -0.496 e. The lowest BCUT2D eigenvalue weighted by atomic mass is 9.91. The second kappa shape index (κ2) is 7.69. The van der Waals surface area contributed by atoms with Gasteiger partial charge >= 0.3 is 5.97 Å². The summed E-state index contributed by atoms with van der Waals surface area (Å²) in [5.74, 6) is 0.295. The number of aromatic nitrogens is 2. The Morgan fingerprint density at radius 3 is 2.70 bits per heavy atom. The molecule has 3 heterocycles. The van der Waals surface area contributed by atoms with Gasteiger partial charge in [0.05, 0.1) is 36.8 Å². The summed E-state index contributed by atoms with van der Waals surface area (Å²) in [4.78, 5) is 13.2. The maximum absolute atomic E-state index is 13.2. The molecular weight excluding hydrogens is 380 g/mol. The normalized spacial score (nSPS) is 13.5. The topological polar surface area (TPSA) is 65.6 Å². The smallest absolute Gasteiger partial charge is 0.341 e. The van der Waals surface area contributed by atoms with Gasteiger partial charge in [0.1, 0.15) is 5.75 Å². The van der Waals surface area contributed by atoms with E-state index in [1.54, 1.807) is 14.0 Å². The van der Waals surface area contributed by atoms with Crippen LogP contribution in [0, 0.1) is 6.92 Å². The summed E-state index contributed by atoms with van der Waals surface area (Å²) in [5.41, 5.74) is 7.18. The Morgan fingerprint density at radius 1 is 1.33 bits per heavy atom. The number of aliphatic hydroxyl groups is 1. The first-order valence-corrected chi connectivity index (χ1v) is 10.3. The van der Waals surface area contributed by atoms with Gasteiger partial charge in [-0.2, -0.15) is 0 Å². The lowest BCUT2D eigenvalue weighted by molar-refractivity contribution is 0.0528. The van der Waals surface area contributed by atoms with Crippen molar-refractivity contribution in [2.45, 2.75) is 39.8 Å². The van der Waals surface area contributed by atoms with Crippen molar-refractivity contribution in [1.29, 1.82) is 0 Å². The van der Waals surface area contributed by atoms with Gasteiger partial charge in [0.25, 0.3) is 0 Å². The number of methoxy groups -OCH3 is 1. The van der Waals surface area contributed by atoms with Gasteiger partial charge in [0.15, 0.2) is 0 Å². The van der Waals surface area contributed by atoms with Crippen LogP contribution in [0.3, 0.4) is 0 Å². The summed E-state index contributed by atoms with van der Waals surface area (Å²) >= 11 is 0. The zero-order chi connectivity index (χ0) is 21.6. The number of hydrogen-bond acceptors (Lipinski definition) is 4. The Morgan fingerprint density at radius 2 is 2.10 bits per heavy atom. The van der Waals surface area contributed by atoms with Crippen LogP contribution in [-0.2, 0) is 24.8 Å². The van der Waals surface area contributed by atoms with E-state index in [-0.39, 0.29) is 5.97 Å². The fourth-order valence-corrected chi connectivity index (χ4v) is 4.54. The Bertz CT molecular complexity index is 1120. The number of hydrogen-bond donors (Lipinski definition) is 1. The molecule has 6 nitrogen and oxygen atoms in total. The van der Waals surface area contributed by atoms with E-state index in [4.69, 9.17) is 9.47 Å². The van der Waals surface area contributed by atoms with Crippen molar-refractivity contribution in [2.75, 3.05) is 13.7 Å². The molecule has 0 saturated heterocycles. The molecule has 2 aromatic heterocycles. The molecule has 6 heteroatoms. The number of benzene rings is 1. The third kappa shape index (κ3) is 3.03. The van der Waals surface area contributed by atoms with Crippen molar-refractivity contribution in [3.05, 3.63) is 52.8 Å². The molecule has 30 heavy (non-hydrogen) atoms. The van der Waals surface area contributed by atoms with E-state index in [0.717, 1.165) is 52.3 Å². The third-order valence-electron chi connectivity index (χ3n) is 5.97.